The van der Waals surface area contributed by atoms with Gasteiger partial charge >= 0.3 is 0 Å². The fourth-order valence-corrected chi connectivity index (χ4v) is 3.19. The van der Waals surface area contributed by atoms with Gasteiger partial charge in [-0.25, -0.2) is 12.8 Å². The van der Waals surface area contributed by atoms with Crippen LogP contribution >= 0.6 is 15.9 Å². The highest BCUT2D eigenvalue weighted by atomic mass is 79.9. The lowest BCUT2D eigenvalue weighted by molar-refractivity contribution is 0.599. The molecule has 2 aromatic rings. The maximum atomic E-state index is 13.3. The number of halogens is 2. The van der Waals surface area contributed by atoms with E-state index in [0.717, 1.165) is 17.8 Å². The molecule has 2 rings (SSSR count). The van der Waals surface area contributed by atoms with Gasteiger partial charge in [-0.15, -0.1) is 0 Å². The Hall–Kier alpha value is -1.67. The minimum atomic E-state index is -3.91. The lowest BCUT2D eigenvalue weighted by atomic mass is 10.3. The molecule has 1 aromatic heterocycles. The molecule has 0 aliphatic rings. The van der Waals surface area contributed by atoms with Crippen LogP contribution in [0.2, 0.25) is 0 Å². The fourth-order valence-electron chi connectivity index (χ4n) is 1.52. The number of nitrogens with two attached hydrogens (primary N) is 1. The van der Waals surface area contributed by atoms with Crippen molar-refractivity contribution in [1.82, 2.24) is 4.98 Å². The summed E-state index contributed by atoms with van der Waals surface area (Å²) < 4.78 is 40.0. The summed E-state index contributed by atoms with van der Waals surface area (Å²) in [7, 11) is -3.91. The van der Waals surface area contributed by atoms with Crippen molar-refractivity contribution in [3.63, 3.8) is 0 Å². The third kappa shape index (κ3) is 3.07. The van der Waals surface area contributed by atoms with Crippen molar-refractivity contribution in [2.45, 2.75) is 11.8 Å². The first-order chi connectivity index (χ1) is 9.29. The Bertz CT molecular complexity index is 748. The highest BCUT2D eigenvalue weighted by molar-refractivity contribution is 9.10. The minimum absolute atomic E-state index is 0.0223. The number of pyridine rings is 1. The molecule has 0 aliphatic heterocycles. The Morgan fingerprint density at radius 1 is 1.35 bits per heavy atom. The molecule has 0 bridgehead atoms. The van der Waals surface area contributed by atoms with Crippen LogP contribution in [0.25, 0.3) is 0 Å². The molecule has 5 nitrogen and oxygen atoms in total. The second kappa shape index (κ2) is 5.37. The van der Waals surface area contributed by atoms with Crippen LogP contribution in [0, 0.1) is 12.7 Å². The molecule has 0 fully saturated rings. The summed E-state index contributed by atoms with van der Waals surface area (Å²) in [6, 6.07) is 5.32. The van der Waals surface area contributed by atoms with E-state index in [0.29, 0.717) is 5.69 Å². The maximum absolute atomic E-state index is 13.3. The molecule has 1 heterocycles. The lowest BCUT2D eigenvalue weighted by Gasteiger charge is -2.11. The number of sulfonamides is 1. The number of nitrogen functional groups attached to an aromatic ring is 1. The summed E-state index contributed by atoms with van der Waals surface area (Å²) in [5.74, 6) is -0.626. The number of nitrogens with zero attached hydrogens (tertiary/aromatic N) is 1. The zero-order valence-corrected chi connectivity index (χ0v) is 12.8. The molecule has 0 spiro atoms. The molecule has 20 heavy (non-hydrogen) atoms. The number of aryl methyl sites for hydroxylation is 1. The van der Waals surface area contributed by atoms with Gasteiger partial charge in [0.25, 0.3) is 10.0 Å². The van der Waals surface area contributed by atoms with Crippen molar-refractivity contribution >= 4 is 37.3 Å². The maximum Gasteiger partial charge on any atom is 0.264 e. The molecule has 106 valence electrons. The zero-order chi connectivity index (χ0) is 14.9. The van der Waals surface area contributed by atoms with E-state index in [2.05, 4.69) is 25.6 Å². The van der Waals surface area contributed by atoms with Crippen molar-refractivity contribution in [1.29, 1.82) is 0 Å². The van der Waals surface area contributed by atoms with Gasteiger partial charge in [-0.1, -0.05) is 0 Å². The normalized spacial score (nSPS) is 11.3. The van der Waals surface area contributed by atoms with Crippen LogP contribution < -0.4 is 10.5 Å². The first kappa shape index (κ1) is 14.7. The summed E-state index contributed by atoms with van der Waals surface area (Å²) in [6.45, 7) is 1.79. The molecule has 0 atom stereocenters. The number of hydrogen-bond donors (Lipinski definition) is 2. The number of hydrogen-bond acceptors (Lipinski definition) is 4. The lowest BCUT2D eigenvalue weighted by Crippen LogP contribution is -2.15. The minimum Gasteiger partial charge on any atom is -0.398 e. The number of rotatable bonds is 3. The number of nitrogens with one attached hydrogen (secondary N) is 1. The summed E-state index contributed by atoms with van der Waals surface area (Å²) in [4.78, 5) is 3.78. The molecule has 0 unspecified atom stereocenters. The van der Waals surface area contributed by atoms with Gasteiger partial charge in [0.2, 0.25) is 0 Å². The van der Waals surface area contributed by atoms with E-state index in [1.165, 1.54) is 6.20 Å². The van der Waals surface area contributed by atoms with E-state index in [1.807, 2.05) is 0 Å². The summed E-state index contributed by atoms with van der Waals surface area (Å²) in [6.07, 6.45) is 1.39. The quantitative estimate of drug-likeness (QED) is 0.825. The summed E-state index contributed by atoms with van der Waals surface area (Å²) in [5, 5.41) is 0. The van der Waals surface area contributed by atoms with Crippen LogP contribution in [-0.2, 0) is 10.0 Å². The van der Waals surface area contributed by atoms with Crippen molar-refractivity contribution in [2.24, 2.45) is 0 Å². The SMILES string of the molecule is Cc1ccc(NS(=O)(=O)c2cc(Br)c(F)cc2N)cn1. The molecular weight excluding hydrogens is 349 g/mol. The van der Waals surface area contributed by atoms with Gasteiger partial charge in [0.1, 0.15) is 10.7 Å². The van der Waals surface area contributed by atoms with Gasteiger partial charge in [-0.05, 0) is 47.1 Å². The molecule has 0 radical (unpaired) electrons. The van der Waals surface area contributed by atoms with Crippen molar-refractivity contribution in [3.05, 3.63) is 46.4 Å². The van der Waals surface area contributed by atoms with Gasteiger partial charge in [-0.2, -0.15) is 0 Å². The molecule has 3 N–H and O–H groups in total. The second-order valence-corrected chi connectivity index (χ2v) is 6.60. The molecular formula is C12H11BrFN3O2S. The summed E-state index contributed by atoms with van der Waals surface area (Å²) in [5.41, 5.74) is 6.45. The van der Waals surface area contributed by atoms with E-state index in [4.69, 9.17) is 5.73 Å². The Morgan fingerprint density at radius 2 is 2.05 bits per heavy atom. The van der Waals surface area contributed by atoms with Crippen LogP contribution in [0.5, 0.6) is 0 Å². The van der Waals surface area contributed by atoms with Crippen LogP contribution in [-0.4, -0.2) is 13.4 Å². The Balaban J connectivity index is 2.40. The fraction of sp³-hybridized carbons (Fsp3) is 0.0833. The first-order valence-corrected chi connectivity index (χ1v) is 7.77. The number of benzene rings is 1. The number of aromatic nitrogens is 1. The van der Waals surface area contributed by atoms with Gasteiger partial charge in [0.05, 0.1) is 22.0 Å². The predicted octanol–water partition coefficient (Wildman–Crippen LogP) is 2.67. The predicted molar refractivity (Wildman–Crippen MR) is 78.3 cm³/mol. The highest BCUT2D eigenvalue weighted by Crippen LogP contribution is 2.27. The molecule has 0 aliphatic carbocycles. The van der Waals surface area contributed by atoms with E-state index < -0.39 is 15.8 Å². The van der Waals surface area contributed by atoms with Crippen LogP contribution in [0.1, 0.15) is 5.69 Å². The summed E-state index contributed by atoms with van der Waals surface area (Å²) >= 11 is 2.93. The van der Waals surface area contributed by atoms with Crippen molar-refractivity contribution in [3.8, 4) is 0 Å². The Labute approximate surface area is 124 Å². The molecule has 1 aromatic carbocycles. The van der Waals surface area contributed by atoms with Gasteiger partial charge in [0.15, 0.2) is 0 Å². The number of anilines is 2. The van der Waals surface area contributed by atoms with E-state index in [1.54, 1.807) is 19.1 Å². The molecule has 0 saturated heterocycles. The van der Waals surface area contributed by atoms with Gasteiger partial charge in [0, 0.05) is 5.69 Å². The largest absolute Gasteiger partial charge is 0.398 e. The van der Waals surface area contributed by atoms with E-state index in [-0.39, 0.29) is 15.1 Å². The topological polar surface area (TPSA) is 85.1 Å². The van der Waals surface area contributed by atoms with Crippen LogP contribution in [0.3, 0.4) is 0 Å². The highest BCUT2D eigenvalue weighted by Gasteiger charge is 2.20. The third-order valence-corrected chi connectivity index (χ3v) is 4.55. The van der Waals surface area contributed by atoms with Gasteiger partial charge in [-0.3, -0.25) is 9.71 Å². The molecule has 8 heteroatoms. The van der Waals surface area contributed by atoms with Gasteiger partial charge < -0.3 is 5.73 Å². The van der Waals surface area contributed by atoms with E-state index in [9.17, 15) is 12.8 Å². The smallest absolute Gasteiger partial charge is 0.264 e. The molecule has 0 amide bonds. The first-order valence-electron chi connectivity index (χ1n) is 5.49. The van der Waals surface area contributed by atoms with Crippen LogP contribution in [0.4, 0.5) is 15.8 Å². The van der Waals surface area contributed by atoms with E-state index >= 15 is 0 Å². The van der Waals surface area contributed by atoms with Crippen LogP contribution in [0.15, 0.2) is 39.8 Å². The Morgan fingerprint density at radius 3 is 2.65 bits per heavy atom. The zero-order valence-electron chi connectivity index (χ0n) is 10.4. The van der Waals surface area contributed by atoms with Crippen molar-refractivity contribution in [2.75, 3.05) is 10.5 Å². The average Bonchev–Trinajstić information content (AvgIpc) is 2.36. The standard InChI is InChI=1S/C12H11BrFN3O2S/c1-7-2-3-8(6-16-7)17-20(18,19)12-4-9(13)10(14)5-11(12)15/h2-6,17H,15H2,1H3. The average molecular weight is 360 g/mol. The second-order valence-electron chi connectivity index (χ2n) is 4.10. The monoisotopic (exact) mass is 359 g/mol. The Kier molecular flexibility index (Phi) is 3.96. The third-order valence-electron chi connectivity index (χ3n) is 2.51. The molecule has 0 saturated carbocycles. The van der Waals surface area contributed by atoms with Crippen molar-refractivity contribution < 1.29 is 12.8 Å².